The fourth-order valence-corrected chi connectivity index (χ4v) is 2.21. The van der Waals surface area contributed by atoms with E-state index >= 15 is 0 Å². The van der Waals surface area contributed by atoms with Gasteiger partial charge in [-0.3, -0.25) is 0 Å². The molecule has 0 spiro atoms. The molecule has 0 fully saturated rings. The largest absolute Gasteiger partial charge is 0.389 e. The molecule has 3 nitrogen and oxygen atoms in total. The predicted octanol–water partition coefficient (Wildman–Crippen LogP) is 3.83. The van der Waals surface area contributed by atoms with Crippen LogP contribution in [-0.4, -0.2) is 12.2 Å². The van der Waals surface area contributed by atoms with Crippen LogP contribution in [0.15, 0.2) is 36.4 Å². The molecule has 0 heterocycles. The molecule has 0 aliphatic heterocycles. The van der Waals surface area contributed by atoms with Crippen LogP contribution in [0.25, 0.3) is 0 Å². The van der Waals surface area contributed by atoms with Gasteiger partial charge in [0.05, 0.1) is 17.7 Å². The van der Waals surface area contributed by atoms with E-state index in [1.807, 2.05) is 24.1 Å². The molecule has 4 heteroatoms. The Labute approximate surface area is 123 Å². The summed E-state index contributed by atoms with van der Waals surface area (Å²) in [5.41, 5.74) is 3.24. The Morgan fingerprint density at radius 3 is 2.38 bits per heavy atom. The molecular weight excluding hydrogens is 267 g/mol. The second-order valence-corrected chi connectivity index (χ2v) is 5.05. The van der Waals surface area contributed by atoms with Crippen molar-refractivity contribution in [1.82, 2.24) is 0 Å². The Bertz CT molecular complexity index is 687. The first kappa shape index (κ1) is 15.0. The van der Waals surface area contributed by atoms with Gasteiger partial charge in [0.15, 0.2) is 0 Å². The molecule has 0 saturated carbocycles. The molecule has 0 aromatic heterocycles. The Morgan fingerprint density at radius 2 is 1.86 bits per heavy atom. The van der Waals surface area contributed by atoms with E-state index in [0.29, 0.717) is 16.7 Å². The monoisotopic (exact) mass is 284 g/mol. The lowest BCUT2D eigenvalue weighted by Gasteiger charge is -2.24. The van der Waals surface area contributed by atoms with Crippen LogP contribution in [0.1, 0.15) is 29.7 Å². The number of nitrogens with zero attached hydrogens (tertiary/aromatic N) is 2. The van der Waals surface area contributed by atoms with Crippen LogP contribution in [0, 0.1) is 24.1 Å². The minimum atomic E-state index is -0.768. The molecule has 0 unspecified atom stereocenters. The highest BCUT2D eigenvalue weighted by atomic mass is 19.1. The zero-order valence-corrected chi connectivity index (χ0v) is 12.3. The number of halogens is 1. The van der Waals surface area contributed by atoms with Crippen molar-refractivity contribution in [2.75, 3.05) is 11.9 Å². The standard InChI is InChI=1S/C17H17FN2O/c1-11-8-17(15(12(2)21)9-16(11)18)20(3)14-6-4-13(10-19)5-7-14/h4-9,12,21H,1-3H3/t12-/m0/s1. The molecule has 0 amide bonds. The van der Waals surface area contributed by atoms with E-state index in [-0.39, 0.29) is 5.82 Å². The second-order valence-electron chi connectivity index (χ2n) is 5.05. The van der Waals surface area contributed by atoms with E-state index in [9.17, 15) is 9.50 Å². The molecule has 2 aromatic carbocycles. The van der Waals surface area contributed by atoms with Crippen molar-refractivity contribution in [1.29, 1.82) is 5.26 Å². The Morgan fingerprint density at radius 1 is 1.24 bits per heavy atom. The smallest absolute Gasteiger partial charge is 0.126 e. The average molecular weight is 284 g/mol. The highest BCUT2D eigenvalue weighted by Gasteiger charge is 2.16. The van der Waals surface area contributed by atoms with Crippen LogP contribution in [0.2, 0.25) is 0 Å². The maximum atomic E-state index is 13.7. The van der Waals surface area contributed by atoms with Gasteiger partial charge in [0.1, 0.15) is 5.82 Å². The number of hydrogen-bond donors (Lipinski definition) is 1. The summed E-state index contributed by atoms with van der Waals surface area (Å²) in [6, 6.07) is 12.3. The highest BCUT2D eigenvalue weighted by molar-refractivity contribution is 5.67. The number of anilines is 2. The number of hydrogen-bond acceptors (Lipinski definition) is 3. The summed E-state index contributed by atoms with van der Waals surface area (Å²) in [7, 11) is 1.85. The number of benzene rings is 2. The summed E-state index contributed by atoms with van der Waals surface area (Å²) < 4.78 is 13.7. The first-order valence-corrected chi connectivity index (χ1v) is 6.66. The van der Waals surface area contributed by atoms with Crippen molar-refractivity contribution in [3.8, 4) is 6.07 Å². The topological polar surface area (TPSA) is 47.3 Å². The fraction of sp³-hybridized carbons (Fsp3) is 0.235. The van der Waals surface area contributed by atoms with Crippen molar-refractivity contribution in [3.63, 3.8) is 0 Å². The fourth-order valence-electron chi connectivity index (χ4n) is 2.21. The summed E-state index contributed by atoms with van der Waals surface area (Å²) in [4.78, 5) is 1.87. The quantitative estimate of drug-likeness (QED) is 0.931. The number of rotatable bonds is 3. The maximum Gasteiger partial charge on any atom is 0.126 e. The van der Waals surface area contributed by atoms with Crippen molar-refractivity contribution in [2.45, 2.75) is 20.0 Å². The molecule has 0 aliphatic rings. The van der Waals surface area contributed by atoms with E-state index in [1.165, 1.54) is 6.07 Å². The van der Waals surface area contributed by atoms with Gasteiger partial charge in [-0.15, -0.1) is 0 Å². The SMILES string of the molecule is Cc1cc(N(C)c2ccc(C#N)cc2)c([C@H](C)O)cc1F. The van der Waals surface area contributed by atoms with E-state index < -0.39 is 6.10 Å². The van der Waals surface area contributed by atoms with Gasteiger partial charge in [0.2, 0.25) is 0 Å². The van der Waals surface area contributed by atoms with Crippen LogP contribution >= 0.6 is 0 Å². The summed E-state index contributed by atoms with van der Waals surface area (Å²) in [5, 5.41) is 18.7. The van der Waals surface area contributed by atoms with Gasteiger partial charge in [0.25, 0.3) is 0 Å². The van der Waals surface area contributed by atoms with Crippen molar-refractivity contribution in [3.05, 3.63) is 58.9 Å². The van der Waals surface area contributed by atoms with Crippen LogP contribution in [-0.2, 0) is 0 Å². The summed E-state index contributed by atoms with van der Waals surface area (Å²) in [6.07, 6.45) is -0.768. The molecule has 0 saturated heterocycles. The predicted molar refractivity (Wildman–Crippen MR) is 81.0 cm³/mol. The van der Waals surface area contributed by atoms with E-state index in [2.05, 4.69) is 6.07 Å². The van der Waals surface area contributed by atoms with E-state index in [0.717, 1.165) is 11.4 Å². The molecule has 0 bridgehead atoms. The maximum absolute atomic E-state index is 13.7. The van der Waals surface area contributed by atoms with E-state index in [1.54, 1.807) is 32.0 Å². The summed E-state index contributed by atoms with van der Waals surface area (Å²) in [6.45, 7) is 3.30. The molecular formula is C17H17FN2O. The van der Waals surface area contributed by atoms with Crippen LogP contribution in [0.3, 0.4) is 0 Å². The molecule has 21 heavy (non-hydrogen) atoms. The number of aliphatic hydroxyl groups excluding tert-OH is 1. The molecule has 2 rings (SSSR count). The van der Waals surface area contributed by atoms with Crippen LogP contribution in [0.5, 0.6) is 0 Å². The van der Waals surface area contributed by atoms with Crippen molar-refractivity contribution < 1.29 is 9.50 Å². The van der Waals surface area contributed by atoms with Gasteiger partial charge in [-0.1, -0.05) is 0 Å². The Balaban J connectivity index is 2.49. The van der Waals surface area contributed by atoms with Gasteiger partial charge >= 0.3 is 0 Å². The van der Waals surface area contributed by atoms with Crippen molar-refractivity contribution >= 4 is 11.4 Å². The van der Waals surface area contributed by atoms with Gasteiger partial charge < -0.3 is 10.0 Å². The minimum Gasteiger partial charge on any atom is -0.389 e. The minimum absolute atomic E-state index is 0.331. The lowest BCUT2D eigenvalue weighted by atomic mass is 10.0. The molecule has 108 valence electrons. The lowest BCUT2D eigenvalue weighted by Crippen LogP contribution is -2.13. The normalized spacial score (nSPS) is 11.8. The number of aliphatic hydroxyl groups is 1. The first-order chi connectivity index (χ1) is 9.93. The second kappa shape index (κ2) is 5.94. The van der Waals surface area contributed by atoms with Gasteiger partial charge in [-0.2, -0.15) is 5.26 Å². The summed E-state index contributed by atoms with van der Waals surface area (Å²) >= 11 is 0. The third-order valence-electron chi connectivity index (χ3n) is 3.50. The zero-order valence-electron chi connectivity index (χ0n) is 12.3. The van der Waals surface area contributed by atoms with Gasteiger partial charge in [-0.25, -0.2) is 4.39 Å². The average Bonchev–Trinajstić information content (AvgIpc) is 2.48. The Kier molecular flexibility index (Phi) is 4.25. The van der Waals surface area contributed by atoms with Crippen LogP contribution < -0.4 is 4.90 Å². The van der Waals surface area contributed by atoms with Crippen molar-refractivity contribution in [2.24, 2.45) is 0 Å². The Hall–Kier alpha value is -2.38. The first-order valence-electron chi connectivity index (χ1n) is 6.66. The van der Waals surface area contributed by atoms with E-state index in [4.69, 9.17) is 5.26 Å². The molecule has 1 N–H and O–H groups in total. The molecule has 0 radical (unpaired) electrons. The number of aryl methyl sites for hydroxylation is 1. The highest BCUT2D eigenvalue weighted by Crippen LogP contribution is 2.33. The van der Waals surface area contributed by atoms with Gasteiger partial charge in [0, 0.05) is 24.0 Å². The molecule has 0 aliphatic carbocycles. The third-order valence-corrected chi connectivity index (χ3v) is 3.50. The lowest BCUT2D eigenvalue weighted by molar-refractivity contribution is 0.199. The van der Waals surface area contributed by atoms with Crippen LogP contribution in [0.4, 0.5) is 15.8 Å². The molecule has 1 atom stereocenters. The number of nitriles is 1. The third kappa shape index (κ3) is 3.04. The zero-order chi connectivity index (χ0) is 15.6. The van der Waals surface area contributed by atoms with Gasteiger partial charge in [-0.05, 0) is 55.8 Å². The summed E-state index contributed by atoms with van der Waals surface area (Å²) in [5.74, 6) is -0.331. The molecule has 2 aromatic rings.